The normalized spacial score (nSPS) is 10.1. The van der Waals surface area contributed by atoms with Crippen molar-refractivity contribution in [3.63, 3.8) is 0 Å². The van der Waals surface area contributed by atoms with Crippen LogP contribution in [0.25, 0.3) is 0 Å². The van der Waals surface area contributed by atoms with E-state index >= 15 is 0 Å². The molecule has 5 heteroatoms. The first-order valence-electron chi connectivity index (χ1n) is 4.35. The van der Waals surface area contributed by atoms with Crippen LogP contribution in [-0.2, 0) is 16.1 Å². The summed E-state index contributed by atoms with van der Waals surface area (Å²) in [6, 6.07) is 5.23. The lowest BCUT2D eigenvalue weighted by Crippen LogP contribution is -2.23. The quantitative estimate of drug-likeness (QED) is 0.830. The molecule has 15 heavy (non-hydrogen) atoms. The van der Waals surface area contributed by atoms with Gasteiger partial charge in [-0.3, -0.25) is 4.79 Å². The van der Waals surface area contributed by atoms with Crippen molar-refractivity contribution >= 4 is 29.2 Å². The molecule has 0 saturated carbocycles. The van der Waals surface area contributed by atoms with Gasteiger partial charge in [-0.2, -0.15) is 0 Å². The fraction of sp³-hybridized carbons (Fsp3) is 0.300. The van der Waals surface area contributed by atoms with E-state index in [-0.39, 0.29) is 12.5 Å². The van der Waals surface area contributed by atoms with Crippen LogP contribution in [0.3, 0.4) is 0 Å². The molecule has 1 aromatic rings. The monoisotopic (exact) mass is 247 g/mol. The van der Waals surface area contributed by atoms with E-state index in [9.17, 15) is 4.79 Å². The summed E-state index contributed by atoms with van der Waals surface area (Å²) in [5.74, 6) is -0.305. The highest BCUT2D eigenvalue weighted by Crippen LogP contribution is 2.20. The Labute approximate surface area is 98.3 Å². The zero-order valence-corrected chi connectivity index (χ0v) is 9.73. The van der Waals surface area contributed by atoms with E-state index < -0.39 is 0 Å². The highest BCUT2D eigenvalue weighted by molar-refractivity contribution is 6.35. The molecule has 0 unspecified atom stereocenters. The predicted molar refractivity (Wildman–Crippen MR) is 60.2 cm³/mol. The molecule has 82 valence electrons. The third kappa shape index (κ3) is 4.08. The van der Waals surface area contributed by atoms with Crippen LogP contribution in [-0.4, -0.2) is 19.6 Å². The van der Waals surface area contributed by atoms with E-state index in [1.807, 2.05) is 6.07 Å². The van der Waals surface area contributed by atoms with Crippen molar-refractivity contribution in [2.45, 2.75) is 6.54 Å². The van der Waals surface area contributed by atoms with E-state index in [0.717, 1.165) is 5.56 Å². The molecule has 0 amide bonds. The van der Waals surface area contributed by atoms with Crippen molar-refractivity contribution < 1.29 is 9.53 Å². The summed E-state index contributed by atoms with van der Waals surface area (Å²) < 4.78 is 4.48. The third-order valence-electron chi connectivity index (χ3n) is 1.83. The van der Waals surface area contributed by atoms with Crippen LogP contribution in [0.5, 0.6) is 0 Å². The molecule has 0 atom stereocenters. The standard InChI is InChI=1S/C10H11Cl2NO2/c1-15-10(14)6-13-5-7-2-3-8(11)4-9(7)12/h2-4,13H,5-6H2,1H3. The number of benzene rings is 1. The summed E-state index contributed by atoms with van der Waals surface area (Å²) >= 11 is 11.7. The number of hydrogen-bond donors (Lipinski definition) is 1. The van der Waals surface area contributed by atoms with Crippen LogP contribution < -0.4 is 5.32 Å². The van der Waals surface area contributed by atoms with Gasteiger partial charge in [0.05, 0.1) is 13.7 Å². The highest BCUT2D eigenvalue weighted by Gasteiger charge is 2.02. The van der Waals surface area contributed by atoms with Crippen LogP contribution in [0, 0.1) is 0 Å². The molecule has 0 saturated heterocycles. The molecule has 0 aliphatic rings. The van der Waals surface area contributed by atoms with Gasteiger partial charge >= 0.3 is 5.97 Å². The fourth-order valence-electron chi connectivity index (χ4n) is 1.04. The number of nitrogens with one attached hydrogen (secondary N) is 1. The average Bonchev–Trinajstić information content (AvgIpc) is 2.21. The van der Waals surface area contributed by atoms with E-state index in [1.165, 1.54) is 7.11 Å². The van der Waals surface area contributed by atoms with Crippen LogP contribution >= 0.6 is 23.2 Å². The van der Waals surface area contributed by atoms with Gasteiger partial charge in [0.25, 0.3) is 0 Å². The Bertz CT molecular complexity index is 355. The Morgan fingerprint density at radius 1 is 1.47 bits per heavy atom. The SMILES string of the molecule is COC(=O)CNCc1ccc(Cl)cc1Cl. The summed E-state index contributed by atoms with van der Waals surface area (Å²) in [5, 5.41) is 4.09. The molecule has 0 aliphatic carbocycles. The number of ether oxygens (including phenoxy) is 1. The molecule has 1 rings (SSSR count). The number of methoxy groups -OCH3 is 1. The van der Waals surface area contributed by atoms with Crippen molar-refractivity contribution in [1.29, 1.82) is 0 Å². The van der Waals surface area contributed by atoms with Gasteiger partial charge in [-0.1, -0.05) is 29.3 Å². The molecule has 3 nitrogen and oxygen atoms in total. The first-order valence-corrected chi connectivity index (χ1v) is 5.10. The van der Waals surface area contributed by atoms with E-state index in [2.05, 4.69) is 10.1 Å². The number of halogens is 2. The zero-order valence-electron chi connectivity index (χ0n) is 8.22. The summed E-state index contributed by atoms with van der Waals surface area (Å²) in [4.78, 5) is 10.8. The largest absolute Gasteiger partial charge is 0.468 e. The summed E-state index contributed by atoms with van der Waals surface area (Å²) in [5.41, 5.74) is 0.893. The molecule has 0 heterocycles. The summed E-state index contributed by atoms with van der Waals surface area (Å²) in [6.07, 6.45) is 0. The molecule has 0 spiro atoms. The number of esters is 1. The third-order valence-corrected chi connectivity index (χ3v) is 2.41. The Kier molecular flexibility index (Phi) is 4.88. The van der Waals surface area contributed by atoms with Gasteiger partial charge in [0, 0.05) is 16.6 Å². The second-order valence-electron chi connectivity index (χ2n) is 2.92. The zero-order chi connectivity index (χ0) is 11.3. The smallest absolute Gasteiger partial charge is 0.319 e. The van der Waals surface area contributed by atoms with Crippen LogP contribution in [0.15, 0.2) is 18.2 Å². The van der Waals surface area contributed by atoms with Crippen LogP contribution in [0.4, 0.5) is 0 Å². The van der Waals surface area contributed by atoms with Crippen molar-refractivity contribution in [3.05, 3.63) is 33.8 Å². The van der Waals surface area contributed by atoms with Crippen LogP contribution in [0.1, 0.15) is 5.56 Å². The first kappa shape index (κ1) is 12.3. The van der Waals surface area contributed by atoms with Gasteiger partial charge < -0.3 is 10.1 Å². The Morgan fingerprint density at radius 3 is 2.80 bits per heavy atom. The number of carbonyl (C=O) groups is 1. The molecular weight excluding hydrogens is 237 g/mol. The maximum absolute atomic E-state index is 10.8. The molecule has 1 N–H and O–H groups in total. The summed E-state index contributed by atoms with van der Waals surface area (Å²) in [7, 11) is 1.35. The number of hydrogen-bond acceptors (Lipinski definition) is 3. The number of carbonyl (C=O) groups excluding carboxylic acids is 1. The van der Waals surface area contributed by atoms with Crippen molar-refractivity contribution in [2.75, 3.05) is 13.7 Å². The second-order valence-corrected chi connectivity index (χ2v) is 3.76. The van der Waals surface area contributed by atoms with E-state index in [0.29, 0.717) is 16.6 Å². The van der Waals surface area contributed by atoms with E-state index in [1.54, 1.807) is 12.1 Å². The maximum atomic E-state index is 10.8. The van der Waals surface area contributed by atoms with Gasteiger partial charge in [-0.15, -0.1) is 0 Å². The summed E-state index contributed by atoms with van der Waals surface area (Å²) in [6.45, 7) is 0.667. The maximum Gasteiger partial charge on any atom is 0.319 e. The van der Waals surface area contributed by atoms with Gasteiger partial charge in [0.15, 0.2) is 0 Å². The van der Waals surface area contributed by atoms with Gasteiger partial charge in [-0.25, -0.2) is 0 Å². The Balaban J connectivity index is 2.47. The minimum absolute atomic E-state index is 0.162. The minimum atomic E-state index is -0.305. The molecular formula is C10H11Cl2NO2. The minimum Gasteiger partial charge on any atom is -0.468 e. The Hall–Kier alpha value is -0.770. The van der Waals surface area contributed by atoms with E-state index in [4.69, 9.17) is 23.2 Å². The lowest BCUT2D eigenvalue weighted by atomic mass is 10.2. The van der Waals surface area contributed by atoms with Crippen molar-refractivity contribution in [1.82, 2.24) is 5.32 Å². The molecule has 0 bridgehead atoms. The molecule has 0 aromatic heterocycles. The Morgan fingerprint density at radius 2 is 2.20 bits per heavy atom. The van der Waals surface area contributed by atoms with Crippen LogP contribution in [0.2, 0.25) is 10.0 Å². The number of rotatable bonds is 4. The first-order chi connectivity index (χ1) is 7.13. The average molecular weight is 248 g/mol. The molecule has 0 aliphatic heterocycles. The molecule has 0 radical (unpaired) electrons. The predicted octanol–water partition coefficient (Wildman–Crippen LogP) is 2.26. The topological polar surface area (TPSA) is 38.3 Å². The lowest BCUT2D eigenvalue weighted by molar-refractivity contribution is -0.139. The van der Waals surface area contributed by atoms with Gasteiger partial charge in [0.2, 0.25) is 0 Å². The molecule has 0 fully saturated rings. The lowest BCUT2D eigenvalue weighted by Gasteiger charge is -2.05. The van der Waals surface area contributed by atoms with Crippen molar-refractivity contribution in [3.8, 4) is 0 Å². The van der Waals surface area contributed by atoms with Gasteiger partial charge in [0.1, 0.15) is 0 Å². The van der Waals surface area contributed by atoms with Crippen molar-refractivity contribution in [2.24, 2.45) is 0 Å². The molecule has 1 aromatic carbocycles. The van der Waals surface area contributed by atoms with Gasteiger partial charge in [-0.05, 0) is 17.7 Å². The fourth-order valence-corrected chi connectivity index (χ4v) is 1.51. The second kappa shape index (κ2) is 5.95. The highest BCUT2D eigenvalue weighted by atomic mass is 35.5.